The van der Waals surface area contributed by atoms with Crippen LogP contribution in [0.5, 0.6) is 5.75 Å². The van der Waals surface area contributed by atoms with E-state index in [0.717, 1.165) is 0 Å². The number of rotatable bonds is 4. The number of halogens is 4. The van der Waals surface area contributed by atoms with Crippen molar-refractivity contribution in [3.63, 3.8) is 0 Å². The largest absolute Gasteiger partial charge is 0.431 e. The van der Waals surface area contributed by atoms with Crippen LogP contribution in [0.2, 0.25) is 5.02 Å². The van der Waals surface area contributed by atoms with E-state index in [1.807, 2.05) is 0 Å². The highest BCUT2D eigenvalue weighted by Gasteiger charge is 2.17. The molecule has 1 aromatic carbocycles. The minimum Gasteiger partial charge on any atom is -0.431 e. The Balaban J connectivity index is 2.32. The summed E-state index contributed by atoms with van der Waals surface area (Å²) >= 11 is 8.88. The van der Waals surface area contributed by atoms with Crippen LogP contribution in [0.25, 0.3) is 0 Å². The fourth-order valence-electron chi connectivity index (χ4n) is 1.43. The minimum atomic E-state index is -3.03. The van der Waals surface area contributed by atoms with Gasteiger partial charge in [-0.1, -0.05) is 11.6 Å². The lowest BCUT2D eigenvalue weighted by Gasteiger charge is -2.13. The second kappa shape index (κ2) is 6.19. The van der Waals surface area contributed by atoms with E-state index < -0.39 is 12.5 Å². The average Bonchev–Trinajstić information content (AvgIpc) is 2.87. The zero-order valence-electron chi connectivity index (χ0n) is 9.66. The zero-order valence-corrected chi connectivity index (χ0v) is 12.0. The van der Waals surface area contributed by atoms with Gasteiger partial charge >= 0.3 is 6.61 Å². The molecule has 5 nitrogen and oxygen atoms in total. The van der Waals surface area contributed by atoms with Crippen LogP contribution in [0.15, 0.2) is 29.0 Å². The van der Waals surface area contributed by atoms with Crippen LogP contribution in [0, 0.1) is 0 Å². The number of nitrogens with one attached hydrogen (secondary N) is 2. The molecular formula is C11H7BrClF2N3O2. The van der Waals surface area contributed by atoms with Crippen LogP contribution >= 0.6 is 27.5 Å². The van der Waals surface area contributed by atoms with Crippen molar-refractivity contribution in [3.05, 3.63) is 39.6 Å². The molecule has 0 saturated heterocycles. The summed E-state index contributed by atoms with van der Waals surface area (Å²) in [6.07, 6.45) is 2.66. The normalized spacial score (nSPS) is 10.7. The molecule has 0 aliphatic carbocycles. The number of aromatic amines is 1. The molecule has 0 aliphatic heterocycles. The molecule has 0 unspecified atom stereocenters. The molecule has 0 atom stereocenters. The summed E-state index contributed by atoms with van der Waals surface area (Å²) < 4.78 is 29.4. The standard InChI is InChI=1S/C11H7BrClF2N3O2/c12-7-1-6(13)2-8(9(7)20-11(14)15)18-10(19)5-3-16-17-4-5/h1-4,11H,(H,16,17)(H,18,19). The SMILES string of the molecule is O=C(Nc1cc(Cl)cc(Br)c1OC(F)F)c1cn[nH]c1. The molecule has 0 bridgehead atoms. The third kappa shape index (κ3) is 3.45. The number of anilines is 1. The van der Waals surface area contributed by atoms with Gasteiger partial charge in [-0.3, -0.25) is 9.89 Å². The lowest BCUT2D eigenvalue weighted by molar-refractivity contribution is -0.0498. The predicted molar refractivity (Wildman–Crippen MR) is 72.3 cm³/mol. The van der Waals surface area contributed by atoms with Crippen LogP contribution in [0.3, 0.4) is 0 Å². The Morgan fingerprint density at radius 3 is 2.85 bits per heavy atom. The first-order valence-corrected chi connectivity index (χ1v) is 6.38. The van der Waals surface area contributed by atoms with Crippen LogP contribution in [0.1, 0.15) is 10.4 Å². The first-order chi connectivity index (χ1) is 9.47. The highest BCUT2D eigenvalue weighted by molar-refractivity contribution is 9.10. The highest BCUT2D eigenvalue weighted by Crippen LogP contribution is 2.37. The molecule has 0 fully saturated rings. The van der Waals surface area contributed by atoms with Gasteiger partial charge in [-0.25, -0.2) is 0 Å². The quantitative estimate of drug-likeness (QED) is 0.867. The third-order valence-corrected chi connectivity index (χ3v) is 3.03. The molecule has 2 rings (SSSR count). The predicted octanol–water partition coefficient (Wildman–Crippen LogP) is 3.68. The highest BCUT2D eigenvalue weighted by atomic mass is 79.9. The number of alkyl halides is 2. The Kier molecular flexibility index (Phi) is 4.56. The summed E-state index contributed by atoms with van der Waals surface area (Å²) in [4.78, 5) is 11.9. The van der Waals surface area contributed by atoms with Gasteiger partial charge in [-0.05, 0) is 28.1 Å². The molecule has 0 aliphatic rings. The molecule has 2 aromatic rings. The van der Waals surface area contributed by atoms with Crippen molar-refractivity contribution in [2.45, 2.75) is 6.61 Å². The van der Waals surface area contributed by atoms with Gasteiger partial charge in [0.15, 0.2) is 5.75 Å². The molecule has 106 valence electrons. The number of benzene rings is 1. The molecule has 0 spiro atoms. The van der Waals surface area contributed by atoms with Crippen molar-refractivity contribution in [1.29, 1.82) is 0 Å². The van der Waals surface area contributed by atoms with Crippen molar-refractivity contribution in [1.82, 2.24) is 10.2 Å². The Morgan fingerprint density at radius 1 is 1.50 bits per heavy atom. The topological polar surface area (TPSA) is 67.0 Å². The van der Waals surface area contributed by atoms with Crippen molar-refractivity contribution >= 4 is 39.1 Å². The van der Waals surface area contributed by atoms with E-state index in [-0.39, 0.29) is 26.5 Å². The van der Waals surface area contributed by atoms with Gasteiger partial charge < -0.3 is 10.1 Å². The Labute approximate surface area is 125 Å². The van der Waals surface area contributed by atoms with Gasteiger partial charge in [0.1, 0.15) is 0 Å². The summed E-state index contributed by atoms with van der Waals surface area (Å²) in [6, 6.07) is 2.69. The maximum atomic E-state index is 12.4. The van der Waals surface area contributed by atoms with E-state index in [9.17, 15) is 13.6 Å². The van der Waals surface area contributed by atoms with E-state index in [4.69, 9.17) is 11.6 Å². The zero-order chi connectivity index (χ0) is 14.7. The first-order valence-electron chi connectivity index (χ1n) is 5.21. The number of H-pyrrole nitrogens is 1. The number of hydrogen-bond donors (Lipinski definition) is 2. The lowest BCUT2D eigenvalue weighted by Crippen LogP contribution is -2.13. The van der Waals surface area contributed by atoms with E-state index >= 15 is 0 Å². The van der Waals surface area contributed by atoms with E-state index in [1.54, 1.807) is 0 Å². The molecule has 1 amide bonds. The first kappa shape index (κ1) is 14.7. The maximum Gasteiger partial charge on any atom is 0.387 e. The Bertz CT molecular complexity index is 622. The summed E-state index contributed by atoms with van der Waals surface area (Å²) in [6.45, 7) is -3.03. The van der Waals surface area contributed by atoms with Crippen molar-refractivity contribution in [2.24, 2.45) is 0 Å². The summed E-state index contributed by atoms with van der Waals surface area (Å²) in [7, 11) is 0. The molecule has 0 saturated carbocycles. The lowest BCUT2D eigenvalue weighted by atomic mass is 10.2. The van der Waals surface area contributed by atoms with Crippen molar-refractivity contribution < 1.29 is 18.3 Å². The van der Waals surface area contributed by atoms with Gasteiger partial charge in [0.25, 0.3) is 5.91 Å². The summed E-state index contributed by atoms with van der Waals surface area (Å²) in [5.41, 5.74) is 0.264. The summed E-state index contributed by atoms with van der Waals surface area (Å²) in [5, 5.41) is 8.77. The van der Waals surface area contributed by atoms with Gasteiger partial charge in [0.2, 0.25) is 0 Å². The number of aromatic nitrogens is 2. The number of carbonyl (C=O) groups is 1. The van der Waals surface area contributed by atoms with Gasteiger partial charge in [-0.2, -0.15) is 13.9 Å². The van der Waals surface area contributed by atoms with Crippen LogP contribution < -0.4 is 10.1 Å². The summed E-state index contributed by atoms with van der Waals surface area (Å²) in [5.74, 6) is -0.742. The minimum absolute atomic E-state index is 0.0240. The van der Waals surface area contributed by atoms with Crippen LogP contribution in [-0.4, -0.2) is 22.7 Å². The maximum absolute atomic E-state index is 12.4. The van der Waals surface area contributed by atoms with Crippen molar-refractivity contribution in [3.8, 4) is 5.75 Å². The number of hydrogen-bond acceptors (Lipinski definition) is 3. The van der Waals surface area contributed by atoms with Crippen LogP contribution in [-0.2, 0) is 0 Å². The van der Waals surface area contributed by atoms with E-state index in [0.29, 0.717) is 0 Å². The second-order valence-corrected chi connectivity index (χ2v) is 4.87. The second-order valence-electron chi connectivity index (χ2n) is 3.58. The molecule has 0 radical (unpaired) electrons. The Hall–Kier alpha value is -1.67. The molecule has 1 aromatic heterocycles. The molecule has 9 heteroatoms. The smallest absolute Gasteiger partial charge is 0.387 e. The number of nitrogens with zero attached hydrogens (tertiary/aromatic N) is 1. The third-order valence-electron chi connectivity index (χ3n) is 2.22. The van der Waals surface area contributed by atoms with Gasteiger partial charge in [0.05, 0.1) is 21.9 Å². The van der Waals surface area contributed by atoms with Gasteiger partial charge in [-0.15, -0.1) is 0 Å². The van der Waals surface area contributed by atoms with Crippen LogP contribution in [0.4, 0.5) is 14.5 Å². The molecule has 2 N–H and O–H groups in total. The fourth-order valence-corrected chi connectivity index (χ4v) is 2.34. The number of amides is 1. The number of carbonyl (C=O) groups excluding carboxylic acids is 1. The Morgan fingerprint density at radius 2 is 2.25 bits per heavy atom. The van der Waals surface area contributed by atoms with Crippen molar-refractivity contribution in [2.75, 3.05) is 5.32 Å². The monoisotopic (exact) mass is 365 g/mol. The van der Waals surface area contributed by atoms with E-state index in [1.165, 1.54) is 24.5 Å². The fraction of sp³-hybridized carbons (Fsp3) is 0.0909. The average molecular weight is 367 g/mol. The number of ether oxygens (including phenoxy) is 1. The van der Waals surface area contributed by atoms with Gasteiger partial charge in [0, 0.05) is 11.2 Å². The van der Waals surface area contributed by atoms with E-state index in [2.05, 4.69) is 36.2 Å². The molecular weight excluding hydrogens is 359 g/mol. The molecule has 20 heavy (non-hydrogen) atoms. The molecule has 1 heterocycles.